The number of hydrogen-bond acceptors (Lipinski definition) is 8. The highest BCUT2D eigenvalue weighted by molar-refractivity contribution is 5.86. The number of carbonyl (C=O) groups is 4. The van der Waals surface area contributed by atoms with Crippen LogP contribution in [0.1, 0.15) is 47.0 Å². The largest absolute Gasteiger partial charge is 0.462 e. The molecule has 2 aliphatic rings. The summed E-state index contributed by atoms with van der Waals surface area (Å²) in [6.45, 7) is 11.3. The number of fused-ring (bicyclic) bond motifs is 2. The molecule has 2 saturated carbocycles. The van der Waals surface area contributed by atoms with Crippen molar-refractivity contribution in [3.8, 4) is 0 Å². The molecule has 2 amide bonds. The third-order valence-corrected chi connectivity index (χ3v) is 6.29. The Hall–Kier alpha value is -2.78. The minimum Gasteiger partial charge on any atom is -0.462 e. The smallest absolute Gasteiger partial charge is 0.407 e. The molecule has 2 aliphatic carbocycles. The minimum atomic E-state index is -0.592. The maximum atomic E-state index is 12.0. The van der Waals surface area contributed by atoms with E-state index in [4.69, 9.17) is 18.9 Å². The summed E-state index contributed by atoms with van der Waals surface area (Å²) in [6.07, 6.45) is 2.10. The standard InChI is InChI=1S/C24H38N2O8/c1-15(2)20(27)31-8-10-33-23(30)26-14-19-16-6-7-18(19)17(12-16)13-25-22(29)34-11-9-32-21(28)24(3,4)5/h16-19H,1,6-14H2,2-5H3,(H,25,29)(H,26,30). The van der Waals surface area contributed by atoms with Gasteiger partial charge in [0.2, 0.25) is 0 Å². The van der Waals surface area contributed by atoms with Gasteiger partial charge in [-0.15, -0.1) is 0 Å². The lowest BCUT2D eigenvalue weighted by molar-refractivity contribution is -0.153. The fraction of sp³-hybridized carbons (Fsp3) is 0.750. The van der Waals surface area contributed by atoms with Crippen molar-refractivity contribution in [3.05, 3.63) is 12.2 Å². The van der Waals surface area contributed by atoms with Crippen molar-refractivity contribution in [2.75, 3.05) is 39.5 Å². The summed E-state index contributed by atoms with van der Waals surface area (Å²) in [5, 5.41) is 5.61. The van der Waals surface area contributed by atoms with E-state index in [-0.39, 0.29) is 32.4 Å². The van der Waals surface area contributed by atoms with Crippen molar-refractivity contribution in [1.82, 2.24) is 10.6 Å². The summed E-state index contributed by atoms with van der Waals surface area (Å²) in [5.74, 6) is 0.728. The Kier molecular flexibility index (Phi) is 10.2. The van der Waals surface area contributed by atoms with Crippen molar-refractivity contribution >= 4 is 24.1 Å². The average molecular weight is 483 g/mol. The van der Waals surface area contributed by atoms with E-state index in [1.807, 2.05) is 0 Å². The Balaban J connectivity index is 1.60. The lowest BCUT2D eigenvalue weighted by Crippen LogP contribution is -2.35. The SMILES string of the molecule is C=C(C)C(=O)OCCOC(=O)NCC1C2CCC1C(CNC(=O)OCCOC(=O)C(C)(C)C)C2. The van der Waals surface area contributed by atoms with Gasteiger partial charge in [0.15, 0.2) is 0 Å². The Labute approximate surface area is 201 Å². The number of ether oxygens (including phenoxy) is 4. The van der Waals surface area contributed by atoms with Crippen LogP contribution >= 0.6 is 0 Å². The van der Waals surface area contributed by atoms with Gasteiger partial charge in [0.1, 0.15) is 26.4 Å². The second-order valence-electron chi connectivity index (χ2n) is 10.00. The molecule has 0 aromatic rings. The van der Waals surface area contributed by atoms with E-state index in [9.17, 15) is 19.2 Å². The Morgan fingerprint density at radius 3 is 2.00 bits per heavy atom. The van der Waals surface area contributed by atoms with E-state index in [1.54, 1.807) is 27.7 Å². The summed E-state index contributed by atoms with van der Waals surface area (Å²) in [6, 6.07) is 0. The molecule has 34 heavy (non-hydrogen) atoms. The van der Waals surface area contributed by atoms with Gasteiger partial charge in [-0.3, -0.25) is 4.79 Å². The zero-order chi connectivity index (χ0) is 25.3. The number of esters is 2. The lowest BCUT2D eigenvalue weighted by Gasteiger charge is -2.23. The first-order chi connectivity index (χ1) is 16.0. The predicted octanol–water partition coefficient (Wildman–Crippen LogP) is 2.81. The number of rotatable bonds is 11. The third kappa shape index (κ3) is 8.53. The van der Waals surface area contributed by atoms with Gasteiger partial charge in [-0.05, 0) is 70.6 Å². The first-order valence-electron chi connectivity index (χ1n) is 11.8. The number of alkyl carbamates (subject to hydrolysis) is 2. The van der Waals surface area contributed by atoms with E-state index in [1.165, 1.54) is 0 Å². The normalized spacial score (nSPS) is 23.1. The highest BCUT2D eigenvalue weighted by Gasteiger charge is 2.47. The molecule has 0 aliphatic heterocycles. The first kappa shape index (κ1) is 27.5. The third-order valence-electron chi connectivity index (χ3n) is 6.29. The molecule has 0 radical (unpaired) electrons. The van der Waals surface area contributed by atoms with Crippen LogP contribution < -0.4 is 10.6 Å². The number of hydrogen-bond donors (Lipinski definition) is 2. The quantitative estimate of drug-likeness (QED) is 0.199. The van der Waals surface area contributed by atoms with Gasteiger partial charge >= 0.3 is 24.1 Å². The molecule has 4 atom stereocenters. The maximum absolute atomic E-state index is 12.0. The van der Waals surface area contributed by atoms with Gasteiger partial charge in [0.05, 0.1) is 5.41 Å². The summed E-state index contributed by atoms with van der Waals surface area (Å²) in [7, 11) is 0. The van der Waals surface area contributed by atoms with E-state index in [2.05, 4.69) is 17.2 Å². The van der Waals surface area contributed by atoms with Gasteiger partial charge in [-0.25, -0.2) is 14.4 Å². The Morgan fingerprint density at radius 2 is 1.41 bits per heavy atom. The molecule has 4 unspecified atom stereocenters. The van der Waals surface area contributed by atoms with Gasteiger partial charge in [-0.2, -0.15) is 0 Å². The fourth-order valence-corrected chi connectivity index (χ4v) is 4.57. The molecule has 0 aromatic carbocycles. The van der Waals surface area contributed by atoms with Gasteiger partial charge in [-0.1, -0.05) is 6.58 Å². The zero-order valence-corrected chi connectivity index (χ0v) is 20.6. The molecule has 10 nitrogen and oxygen atoms in total. The van der Waals surface area contributed by atoms with E-state index in [0.717, 1.165) is 19.3 Å². The van der Waals surface area contributed by atoms with Crippen LogP contribution in [-0.2, 0) is 28.5 Å². The van der Waals surface area contributed by atoms with Crippen LogP contribution in [0.5, 0.6) is 0 Å². The molecule has 2 N–H and O–H groups in total. The highest BCUT2D eigenvalue weighted by atomic mass is 16.6. The van der Waals surface area contributed by atoms with Gasteiger partial charge in [0, 0.05) is 18.7 Å². The summed E-state index contributed by atoms with van der Waals surface area (Å²) in [4.78, 5) is 46.9. The van der Waals surface area contributed by atoms with Gasteiger partial charge < -0.3 is 29.6 Å². The van der Waals surface area contributed by atoms with Crippen molar-refractivity contribution in [3.63, 3.8) is 0 Å². The Morgan fingerprint density at radius 1 is 0.853 bits per heavy atom. The summed E-state index contributed by atoms with van der Waals surface area (Å²) < 4.78 is 20.1. The van der Waals surface area contributed by atoms with Crippen molar-refractivity contribution in [1.29, 1.82) is 0 Å². The fourth-order valence-electron chi connectivity index (χ4n) is 4.57. The molecule has 0 saturated heterocycles. The molecular formula is C24H38N2O8. The maximum Gasteiger partial charge on any atom is 0.407 e. The van der Waals surface area contributed by atoms with Crippen molar-refractivity contribution < 1.29 is 38.1 Å². The topological polar surface area (TPSA) is 129 Å². The average Bonchev–Trinajstić information content (AvgIpc) is 3.32. The second-order valence-corrected chi connectivity index (χ2v) is 10.00. The molecule has 2 bridgehead atoms. The van der Waals surface area contributed by atoms with Crippen molar-refractivity contribution in [2.24, 2.45) is 29.1 Å². The highest BCUT2D eigenvalue weighted by Crippen LogP contribution is 2.52. The molecule has 192 valence electrons. The summed E-state index contributed by atoms with van der Waals surface area (Å²) >= 11 is 0. The van der Waals surface area contributed by atoms with Crippen LogP contribution in [0.2, 0.25) is 0 Å². The van der Waals surface area contributed by atoms with Crippen LogP contribution in [0, 0.1) is 29.1 Å². The number of amides is 2. The Bertz CT molecular complexity index is 761. The number of carbonyl (C=O) groups excluding carboxylic acids is 4. The first-order valence-corrected chi connectivity index (χ1v) is 11.8. The van der Waals surface area contributed by atoms with Crippen molar-refractivity contribution in [2.45, 2.75) is 47.0 Å². The molecular weight excluding hydrogens is 444 g/mol. The van der Waals surface area contributed by atoms with Crippen LogP contribution in [-0.4, -0.2) is 63.6 Å². The van der Waals surface area contributed by atoms with Gasteiger partial charge in [0.25, 0.3) is 0 Å². The predicted molar refractivity (Wildman–Crippen MR) is 123 cm³/mol. The molecule has 0 heterocycles. The minimum absolute atomic E-state index is 0.00538. The van der Waals surface area contributed by atoms with Crippen LogP contribution in [0.3, 0.4) is 0 Å². The zero-order valence-electron chi connectivity index (χ0n) is 20.6. The molecule has 2 fully saturated rings. The lowest BCUT2D eigenvalue weighted by atomic mass is 9.88. The van der Waals surface area contributed by atoms with E-state index >= 15 is 0 Å². The molecule has 0 aromatic heterocycles. The number of nitrogens with one attached hydrogen (secondary N) is 2. The summed E-state index contributed by atoms with van der Waals surface area (Å²) in [5.41, 5.74) is -0.300. The van der Waals surface area contributed by atoms with Crippen LogP contribution in [0.15, 0.2) is 12.2 Å². The second kappa shape index (κ2) is 12.6. The monoisotopic (exact) mass is 482 g/mol. The van der Waals surface area contributed by atoms with E-state index < -0.39 is 23.6 Å². The molecule has 10 heteroatoms. The molecule has 2 rings (SSSR count). The van der Waals surface area contributed by atoms with Crippen LogP contribution in [0.4, 0.5) is 9.59 Å². The van der Waals surface area contributed by atoms with E-state index in [0.29, 0.717) is 42.3 Å². The van der Waals surface area contributed by atoms with Crippen LogP contribution in [0.25, 0.3) is 0 Å². The molecule has 0 spiro atoms.